The van der Waals surface area contributed by atoms with Gasteiger partial charge in [0.15, 0.2) is 0 Å². The molecule has 2 aliphatic heterocycles. The second kappa shape index (κ2) is 30.0. The molecule has 16 nitrogen and oxygen atoms in total. The molecule has 1 aromatic carbocycles. The van der Waals surface area contributed by atoms with E-state index in [1.807, 2.05) is 85.7 Å². The number of likely N-dealkylation sites (tertiary alicyclic amines) is 2. The first kappa shape index (κ1) is 62.8. The molecule has 10 atom stereocenters. The van der Waals surface area contributed by atoms with Crippen molar-refractivity contribution in [3.05, 3.63) is 35.9 Å². The molecule has 2 saturated heterocycles. The minimum Gasteiger partial charge on any atom is -0.481 e. The predicted molar refractivity (Wildman–Crippen MR) is 278 cm³/mol. The van der Waals surface area contributed by atoms with Gasteiger partial charge in [-0.25, -0.2) is 0 Å². The van der Waals surface area contributed by atoms with Crippen LogP contribution in [0.4, 0.5) is 0 Å². The predicted octanol–water partition coefficient (Wildman–Crippen LogP) is 6.90. The minimum atomic E-state index is -1.05. The second-order valence-electron chi connectivity index (χ2n) is 20.5. The number of carbonyl (C=O) groups is 8. The van der Waals surface area contributed by atoms with Crippen LogP contribution < -0.4 is 5.32 Å². The molecule has 17 heteroatoms. The van der Waals surface area contributed by atoms with E-state index in [2.05, 4.69) is 5.32 Å². The van der Waals surface area contributed by atoms with E-state index in [9.17, 15) is 43.5 Å². The van der Waals surface area contributed by atoms with Crippen LogP contribution in [0.2, 0.25) is 0 Å². The van der Waals surface area contributed by atoms with Crippen molar-refractivity contribution in [2.24, 2.45) is 29.6 Å². The van der Waals surface area contributed by atoms with Crippen LogP contribution in [-0.4, -0.2) is 160 Å². The van der Waals surface area contributed by atoms with Gasteiger partial charge in [-0.2, -0.15) is 0 Å². The molecule has 0 radical (unpaired) electrons. The topological polar surface area (TPSA) is 200 Å². The Morgan fingerprint density at radius 1 is 0.873 bits per heavy atom. The van der Waals surface area contributed by atoms with Gasteiger partial charge in [-0.1, -0.05) is 113 Å². The van der Waals surface area contributed by atoms with Crippen molar-refractivity contribution >= 4 is 59.0 Å². The number of methoxy groups -OCH3 is 2. The molecular formula is C54H89N5O11S. The summed E-state index contributed by atoms with van der Waals surface area (Å²) in [5.41, 5.74) is 0.826. The van der Waals surface area contributed by atoms with Crippen molar-refractivity contribution < 1.29 is 52.9 Å². The Kier molecular flexibility index (Phi) is 26.5. The summed E-state index contributed by atoms with van der Waals surface area (Å²) in [7, 11) is 6.28. The fraction of sp³-hybridized carbons (Fsp3) is 0.741. The Morgan fingerprint density at radius 3 is 2.07 bits per heavy atom. The normalized spacial score (nSPS) is 19.4. The number of likely N-dealkylation sites (N-methyl/N-ethyl adjacent to an activating group) is 2. The first-order valence-corrected chi connectivity index (χ1v) is 26.4. The van der Waals surface area contributed by atoms with E-state index in [1.165, 1.54) is 35.8 Å². The standard InChI is InChI=1S/C53H85N5O11S.CH4/c1-14-35(8)48(41(68-12)30-44(61)57-27-21-24-39(57)49(69-13)36(9)40(59)29-38(53(66)67)28-37-22-17-15-18-23-37)56(11)52(65)46(32(2)3)54-50(63)47(33(4)5)55(10)43(60)25-19-16-20-26-58-45(62)31-42(51(58)64)70-34(6)7;/h15,17-18,22-23,32-36,38-39,41-42,46-49H,14,16,19-21,24-31H2,1-13H3,(H,54,63)(H,66,67);1H4/t35-,36-,38?,39?,41+,42?,46-,47-,48?,49+;/m0./s1. The smallest absolute Gasteiger partial charge is 0.307 e. The van der Waals surface area contributed by atoms with Gasteiger partial charge in [-0.05, 0) is 60.7 Å². The summed E-state index contributed by atoms with van der Waals surface area (Å²) in [5.74, 6) is -5.22. The van der Waals surface area contributed by atoms with Crippen LogP contribution in [0.5, 0.6) is 0 Å². The molecule has 0 spiro atoms. The van der Waals surface area contributed by atoms with Gasteiger partial charge in [0.1, 0.15) is 17.9 Å². The molecular weight excluding hydrogens is 927 g/mol. The zero-order valence-electron chi connectivity index (χ0n) is 44.3. The Hall–Kier alpha value is -4.35. The molecule has 71 heavy (non-hydrogen) atoms. The summed E-state index contributed by atoms with van der Waals surface area (Å²) in [5, 5.41) is 12.9. The number of benzene rings is 1. The molecule has 2 heterocycles. The molecule has 3 rings (SSSR count). The highest BCUT2D eigenvalue weighted by molar-refractivity contribution is 8.01. The number of hydrogen-bond acceptors (Lipinski definition) is 11. The van der Waals surface area contributed by atoms with E-state index < -0.39 is 60.1 Å². The summed E-state index contributed by atoms with van der Waals surface area (Å²) in [4.78, 5) is 114. The lowest BCUT2D eigenvalue weighted by atomic mass is 9.85. The fourth-order valence-electron chi connectivity index (χ4n) is 10.2. The van der Waals surface area contributed by atoms with Gasteiger partial charge in [-0.3, -0.25) is 43.3 Å². The highest BCUT2D eigenvalue weighted by Gasteiger charge is 2.44. The molecule has 0 aliphatic carbocycles. The Balaban J connectivity index is 0.0000173. The maximum absolute atomic E-state index is 14.6. The summed E-state index contributed by atoms with van der Waals surface area (Å²) >= 11 is 1.50. The number of thioether (sulfide) groups is 1. The Morgan fingerprint density at radius 2 is 1.52 bits per heavy atom. The average Bonchev–Trinajstić information content (AvgIpc) is 3.90. The number of ketones is 1. The number of carbonyl (C=O) groups excluding carboxylic acids is 7. The lowest BCUT2D eigenvalue weighted by Gasteiger charge is -2.41. The third-order valence-electron chi connectivity index (χ3n) is 14.3. The Bertz CT molecular complexity index is 1920. The summed E-state index contributed by atoms with van der Waals surface area (Å²) in [6.07, 6.45) is 2.61. The number of carboxylic acid groups (broad SMARTS) is 1. The number of nitrogens with one attached hydrogen (secondary N) is 1. The van der Waals surface area contributed by atoms with Crippen LogP contribution in [0.25, 0.3) is 0 Å². The zero-order chi connectivity index (χ0) is 52.6. The molecule has 2 N–H and O–H groups in total. The molecule has 4 unspecified atom stereocenters. The van der Waals surface area contributed by atoms with Crippen molar-refractivity contribution in [2.45, 2.75) is 187 Å². The average molecular weight is 1020 g/mol. The van der Waals surface area contributed by atoms with E-state index in [0.29, 0.717) is 51.6 Å². The Labute approximate surface area is 429 Å². The number of hydrogen-bond donors (Lipinski definition) is 2. The number of nitrogens with zero attached hydrogens (tertiary/aromatic N) is 4. The molecule has 2 fully saturated rings. The van der Waals surface area contributed by atoms with E-state index in [4.69, 9.17) is 9.47 Å². The van der Waals surface area contributed by atoms with E-state index in [0.717, 1.165) is 5.56 Å². The summed E-state index contributed by atoms with van der Waals surface area (Å²) in [6.45, 7) is 17.9. The fourth-order valence-corrected chi connectivity index (χ4v) is 11.3. The van der Waals surface area contributed by atoms with Gasteiger partial charge in [0.05, 0.1) is 41.9 Å². The van der Waals surface area contributed by atoms with Crippen molar-refractivity contribution in [1.29, 1.82) is 0 Å². The molecule has 402 valence electrons. The lowest BCUT2D eigenvalue weighted by Crippen LogP contribution is -2.60. The van der Waals surface area contributed by atoms with E-state index in [-0.39, 0.29) is 103 Å². The number of aliphatic carboxylic acids is 1. The third-order valence-corrected chi connectivity index (χ3v) is 15.6. The molecule has 0 saturated carbocycles. The molecule has 0 aromatic heterocycles. The van der Waals surface area contributed by atoms with Crippen LogP contribution in [-0.2, 0) is 54.3 Å². The summed E-state index contributed by atoms with van der Waals surface area (Å²) in [6, 6.07) is 6.35. The molecule has 1 aromatic rings. The lowest BCUT2D eigenvalue weighted by molar-refractivity contribution is -0.149. The number of imide groups is 1. The van der Waals surface area contributed by atoms with Crippen LogP contribution in [0.15, 0.2) is 30.3 Å². The van der Waals surface area contributed by atoms with Crippen molar-refractivity contribution in [3.63, 3.8) is 0 Å². The summed E-state index contributed by atoms with van der Waals surface area (Å²) < 4.78 is 12.0. The number of rotatable bonds is 30. The van der Waals surface area contributed by atoms with Gasteiger partial charge in [0, 0.05) is 66.6 Å². The second-order valence-corrected chi connectivity index (χ2v) is 22.3. The number of amides is 6. The SMILES string of the molecule is C.CC[C@H](C)C([C@@H](CC(=O)N1CCCC1[C@H](OC)[C@@H](C)C(=O)CC(Cc1ccccc1)C(=O)O)OC)N(C)C(=O)[C@@H](NC(=O)[C@H](C(C)C)N(C)C(=O)CCCCCN1C(=O)CC(SC(C)C)C1=O)C(C)C. The number of unbranched alkanes of at least 4 members (excludes halogenated alkanes) is 2. The zero-order valence-corrected chi connectivity index (χ0v) is 45.1. The highest BCUT2D eigenvalue weighted by Crippen LogP contribution is 2.32. The van der Waals surface area contributed by atoms with Crippen molar-refractivity contribution in [3.8, 4) is 0 Å². The maximum Gasteiger partial charge on any atom is 0.307 e. The van der Waals surface area contributed by atoms with E-state index in [1.54, 1.807) is 30.8 Å². The van der Waals surface area contributed by atoms with Crippen LogP contribution in [0.3, 0.4) is 0 Å². The monoisotopic (exact) mass is 1020 g/mol. The van der Waals surface area contributed by atoms with Crippen LogP contribution in [0.1, 0.15) is 140 Å². The maximum atomic E-state index is 14.6. The van der Waals surface area contributed by atoms with Crippen molar-refractivity contribution in [2.75, 3.05) is 41.4 Å². The van der Waals surface area contributed by atoms with Gasteiger partial charge in [-0.15, -0.1) is 11.8 Å². The molecule has 2 aliphatic rings. The molecule has 6 amide bonds. The van der Waals surface area contributed by atoms with Gasteiger partial charge in [0.2, 0.25) is 35.4 Å². The number of carboxylic acids is 1. The molecule has 0 bridgehead atoms. The van der Waals surface area contributed by atoms with Gasteiger partial charge < -0.3 is 34.6 Å². The minimum absolute atomic E-state index is 0. The highest BCUT2D eigenvalue weighted by atomic mass is 32.2. The largest absolute Gasteiger partial charge is 0.481 e. The number of Topliss-reactive ketones (excluding diaryl/α,β-unsaturated/α-hetero) is 1. The van der Waals surface area contributed by atoms with Gasteiger partial charge >= 0.3 is 5.97 Å². The third kappa shape index (κ3) is 17.4. The van der Waals surface area contributed by atoms with Crippen LogP contribution in [0, 0.1) is 29.6 Å². The van der Waals surface area contributed by atoms with Crippen LogP contribution >= 0.6 is 11.8 Å². The first-order valence-electron chi connectivity index (χ1n) is 25.5. The van der Waals surface area contributed by atoms with Gasteiger partial charge in [0.25, 0.3) is 0 Å². The van der Waals surface area contributed by atoms with E-state index >= 15 is 0 Å². The number of ether oxygens (including phenoxy) is 2. The van der Waals surface area contributed by atoms with Crippen molar-refractivity contribution in [1.82, 2.24) is 24.9 Å². The quantitative estimate of drug-likeness (QED) is 0.0598. The first-order chi connectivity index (χ1) is 33.0.